The van der Waals surface area contributed by atoms with Crippen molar-refractivity contribution in [3.05, 3.63) is 63.6 Å². The predicted molar refractivity (Wildman–Crippen MR) is 116 cm³/mol. The minimum absolute atomic E-state index is 0. The van der Waals surface area contributed by atoms with Crippen molar-refractivity contribution in [2.45, 2.75) is 17.2 Å². The molecule has 1 amide bonds. The molecular weight excluding hydrogens is 516 g/mol. The number of nitrogens with one attached hydrogen (secondary N) is 2. The highest BCUT2D eigenvalue weighted by Crippen LogP contribution is 2.33. The number of amides is 1. The molecule has 2 N–H and O–H groups in total. The third-order valence-electron chi connectivity index (χ3n) is 4.64. The summed E-state index contributed by atoms with van der Waals surface area (Å²) in [6, 6.07) is 7.53. The van der Waals surface area contributed by atoms with E-state index in [-0.39, 0.29) is 30.6 Å². The quantitative estimate of drug-likeness (QED) is 0.615. The smallest absolute Gasteiger partial charge is 0.371 e. The van der Waals surface area contributed by atoms with Crippen molar-refractivity contribution < 1.29 is 31.1 Å². The van der Waals surface area contributed by atoms with E-state index in [0.717, 1.165) is 12.1 Å². The van der Waals surface area contributed by atoms with Crippen LogP contribution in [-0.4, -0.2) is 34.0 Å². The standard InChI is InChI=1S/C19H17Cl2F3N2O4S.ClH/c20-15-6-1-11(9-16(15)21)17-14(10-25-7-8-30-17)18(27)26-31(28,29)13-4-2-12(3-5-13)19(22,23)24;/h1-6,9,14,17,25H,7-8,10H2,(H,26,27);1H/t14-,17+;/m1./s1. The Hall–Kier alpha value is -1.56. The first-order chi connectivity index (χ1) is 14.5. The number of rotatable bonds is 4. The molecule has 2 atom stereocenters. The summed E-state index contributed by atoms with van der Waals surface area (Å²) >= 11 is 12.0. The zero-order valence-electron chi connectivity index (χ0n) is 16.2. The van der Waals surface area contributed by atoms with Crippen LogP contribution in [-0.2, 0) is 25.7 Å². The summed E-state index contributed by atoms with van der Waals surface area (Å²) in [4.78, 5) is 12.4. The highest BCUT2D eigenvalue weighted by atomic mass is 35.5. The van der Waals surface area contributed by atoms with Crippen LogP contribution in [0.4, 0.5) is 13.2 Å². The Labute approximate surface area is 198 Å². The van der Waals surface area contributed by atoms with Gasteiger partial charge in [0.2, 0.25) is 5.91 Å². The van der Waals surface area contributed by atoms with E-state index in [0.29, 0.717) is 29.3 Å². The van der Waals surface area contributed by atoms with Crippen LogP contribution in [0.25, 0.3) is 0 Å². The number of ether oxygens (including phenoxy) is 1. The molecule has 1 heterocycles. The lowest BCUT2D eigenvalue weighted by molar-refractivity contribution is -0.137. The van der Waals surface area contributed by atoms with Crippen LogP contribution in [0.15, 0.2) is 47.4 Å². The molecule has 0 aromatic heterocycles. The largest absolute Gasteiger partial charge is 0.416 e. The summed E-state index contributed by atoms with van der Waals surface area (Å²) in [5.41, 5.74) is -0.469. The minimum atomic E-state index is -4.61. The van der Waals surface area contributed by atoms with Gasteiger partial charge in [-0.05, 0) is 42.0 Å². The maximum Gasteiger partial charge on any atom is 0.416 e. The lowest BCUT2D eigenvalue weighted by Crippen LogP contribution is -2.41. The van der Waals surface area contributed by atoms with E-state index in [1.54, 1.807) is 6.07 Å². The average molecular weight is 534 g/mol. The van der Waals surface area contributed by atoms with Crippen LogP contribution >= 0.6 is 35.6 Å². The van der Waals surface area contributed by atoms with Gasteiger partial charge in [0.05, 0.1) is 39.1 Å². The Balaban J connectivity index is 0.00000363. The lowest BCUT2D eigenvalue weighted by Gasteiger charge is -2.24. The van der Waals surface area contributed by atoms with Crippen molar-refractivity contribution in [2.24, 2.45) is 5.92 Å². The summed E-state index contributed by atoms with van der Waals surface area (Å²) in [6.07, 6.45) is -5.42. The van der Waals surface area contributed by atoms with Gasteiger partial charge in [-0.15, -0.1) is 12.4 Å². The molecule has 1 fully saturated rings. The van der Waals surface area contributed by atoms with Crippen LogP contribution in [0.1, 0.15) is 17.2 Å². The van der Waals surface area contributed by atoms with Crippen molar-refractivity contribution >= 4 is 51.5 Å². The van der Waals surface area contributed by atoms with Crippen LogP contribution in [0, 0.1) is 5.92 Å². The van der Waals surface area contributed by atoms with Crippen LogP contribution < -0.4 is 10.0 Å². The molecule has 1 aliphatic heterocycles. The van der Waals surface area contributed by atoms with E-state index in [9.17, 15) is 26.4 Å². The summed E-state index contributed by atoms with van der Waals surface area (Å²) in [5.74, 6) is -1.82. The Morgan fingerprint density at radius 1 is 1.09 bits per heavy atom. The first-order valence-corrected chi connectivity index (χ1v) is 11.2. The Bertz CT molecular complexity index is 1070. The number of benzene rings is 2. The fraction of sp³-hybridized carbons (Fsp3) is 0.316. The number of carbonyl (C=O) groups is 1. The molecule has 0 bridgehead atoms. The first-order valence-electron chi connectivity index (χ1n) is 9.00. The number of carbonyl (C=O) groups excluding carboxylic acids is 1. The van der Waals surface area contributed by atoms with E-state index in [2.05, 4.69) is 5.32 Å². The van der Waals surface area contributed by atoms with Gasteiger partial charge < -0.3 is 10.1 Å². The van der Waals surface area contributed by atoms with Crippen molar-refractivity contribution in [3.63, 3.8) is 0 Å². The number of hydrogen-bond donors (Lipinski definition) is 2. The molecule has 2 aromatic carbocycles. The Morgan fingerprint density at radius 2 is 1.75 bits per heavy atom. The van der Waals surface area contributed by atoms with Gasteiger partial charge in [-0.2, -0.15) is 13.2 Å². The zero-order chi connectivity index (χ0) is 22.8. The van der Waals surface area contributed by atoms with E-state index in [1.807, 2.05) is 4.72 Å². The van der Waals surface area contributed by atoms with Gasteiger partial charge in [0, 0.05) is 13.1 Å². The first kappa shape index (κ1) is 26.7. The monoisotopic (exact) mass is 532 g/mol. The Kier molecular flexibility index (Phi) is 8.82. The van der Waals surface area contributed by atoms with Crippen molar-refractivity contribution in [1.29, 1.82) is 0 Å². The molecule has 2 aromatic rings. The molecule has 6 nitrogen and oxygen atoms in total. The second-order valence-electron chi connectivity index (χ2n) is 6.77. The topological polar surface area (TPSA) is 84.5 Å². The van der Waals surface area contributed by atoms with Gasteiger partial charge in [0.25, 0.3) is 10.0 Å². The number of alkyl halides is 3. The summed E-state index contributed by atoms with van der Waals surface area (Å²) < 4.78 is 70.9. The maximum atomic E-state index is 12.9. The maximum absolute atomic E-state index is 12.9. The van der Waals surface area contributed by atoms with Gasteiger partial charge in [0.15, 0.2) is 0 Å². The number of sulfonamides is 1. The van der Waals surface area contributed by atoms with E-state index < -0.39 is 44.6 Å². The normalized spacial score (nSPS) is 19.5. The second kappa shape index (κ2) is 10.6. The van der Waals surface area contributed by atoms with Gasteiger partial charge in [-0.3, -0.25) is 4.79 Å². The number of halogens is 6. The van der Waals surface area contributed by atoms with Crippen molar-refractivity contribution in [2.75, 3.05) is 19.7 Å². The molecule has 1 saturated heterocycles. The minimum Gasteiger partial charge on any atom is -0.371 e. The van der Waals surface area contributed by atoms with Crippen molar-refractivity contribution in [3.8, 4) is 0 Å². The van der Waals surface area contributed by atoms with Crippen LogP contribution in [0.2, 0.25) is 10.0 Å². The SMILES string of the molecule is Cl.O=C(NS(=O)(=O)c1ccc(C(F)(F)F)cc1)[C@@H]1CNCCO[C@H]1c1ccc(Cl)c(Cl)c1. The fourth-order valence-electron chi connectivity index (χ4n) is 3.08. The lowest BCUT2D eigenvalue weighted by atomic mass is 9.95. The Morgan fingerprint density at radius 3 is 2.34 bits per heavy atom. The van der Waals surface area contributed by atoms with Gasteiger partial charge in [-0.1, -0.05) is 29.3 Å². The van der Waals surface area contributed by atoms with Gasteiger partial charge in [-0.25, -0.2) is 13.1 Å². The molecule has 0 radical (unpaired) electrons. The van der Waals surface area contributed by atoms with Gasteiger partial charge in [0.1, 0.15) is 0 Å². The fourth-order valence-corrected chi connectivity index (χ4v) is 4.41. The molecule has 3 rings (SSSR count). The highest BCUT2D eigenvalue weighted by molar-refractivity contribution is 7.90. The summed E-state index contributed by atoms with van der Waals surface area (Å²) in [6.45, 7) is 0.812. The van der Waals surface area contributed by atoms with Gasteiger partial charge >= 0.3 is 6.18 Å². The predicted octanol–water partition coefficient (Wildman–Crippen LogP) is 4.22. The van der Waals surface area contributed by atoms with E-state index in [4.69, 9.17) is 27.9 Å². The summed E-state index contributed by atoms with van der Waals surface area (Å²) in [5, 5.41) is 3.54. The molecule has 0 saturated carbocycles. The van der Waals surface area contributed by atoms with Crippen LogP contribution in [0.3, 0.4) is 0 Å². The molecule has 1 aliphatic rings. The molecule has 13 heteroatoms. The van der Waals surface area contributed by atoms with Crippen molar-refractivity contribution in [1.82, 2.24) is 10.0 Å². The molecule has 0 aliphatic carbocycles. The molecular formula is C19H18Cl3F3N2O4S. The zero-order valence-corrected chi connectivity index (χ0v) is 19.3. The molecule has 0 spiro atoms. The molecule has 0 unspecified atom stereocenters. The molecule has 32 heavy (non-hydrogen) atoms. The average Bonchev–Trinajstić information content (AvgIpc) is 2.95. The molecule has 176 valence electrons. The highest BCUT2D eigenvalue weighted by Gasteiger charge is 2.35. The van der Waals surface area contributed by atoms with E-state index >= 15 is 0 Å². The third-order valence-corrected chi connectivity index (χ3v) is 6.74. The van der Waals surface area contributed by atoms with Crippen LogP contribution in [0.5, 0.6) is 0 Å². The summed E-state index contributed by atoms with van der Waals surface area (Å²) in [7, 11) is -4.40. The number of hydrogen-bond acceptors (Lipinski definition) is 5. The second-order valence-corrected chi connectivity index (χ2v) is 9.26. The van der Waals surface area contributed by atoms with E-state index in [1.165, 1.54) is 12.1 Å². The third kappa shape index (κ3) is 6.27.